The highest BCUT2D eigenvalue weighted by Crippen LogP contribution is 2.36. The average molecular weight is 371 g/mol. The van der Waals surface area contributed by atoms with Crippen LogP contribution in [0.25, 0.3) is 10.2 Å². The predicted octanol–water partition coefficient (Wildman–Crippen LogP) is 4.34. The van der Waals surface area contributed by atoms with Crippen LogP contribution in [0.2, 0.25) is 14.6 Å². The first-order valence-corrected chi connectivity index (χ1v) is 7.99. The lowest BCUT2D eigenvalue weighted by Gasteiger charge is -2.09. The third-order valence-corrected chi connectivity index (χ3v) is 5.36. The van der Waals surface area contributed by atoms with E-state index < -0.39 is 0 Å². The minimum Gasteiger partial charge on any atom is -0.278 e. The van der Waals surface area contributed by atoms with Gasteiger partial charge in [0.25, 0.3) is 5.56 Å². The van der Waals surface area contributed by atoms with Crippen LogP contribution >= 0.6 is 46.1 Å². The van der Waals surface area contributed by atoms with E-state index in [1.807, 2.05) is 0 Å². The van der Waals surface area contributed by atoms with E-state index in [2.05, 4.69) is 11.1 Å². The number of nitrogens with zero attached hydrogens (tertiary/aromatic N) is 3. The molecule has 0 atom stereocenters. The van der Waals surface area contributed by atoms with E-state index in [0.717, 1.165) is 11.3 Å². The number of benzene rings is 1. The van der Waals surface area contributed by atoms with Crippen molar-refractivity contribution in [3.63, 3.8) is 0 Å². The Labute approximate surface area is 144 Å². The first-order chi connectivity index (χ1) is 10.5. The zero-order chi connectivity index (χ0) is 15.9. The Morgan fingerprint density at radius 3 is 2.73 bits per heavy atom. The van der Waals surface area contributed by atoms with Gasteiger partial charge in [0.15, 0.2) is 0 Å². The molecule has 0 spiro atoms. The molecule has 0 saturated heterocycles. The average Bonchev–Trinajstić information content (AvgIpc) is 2.80. The highest BCUT2D eigenvalue weighted by molar-refractivity contribution is 7.23. The van der Waals surface area contributed by atoms with Crippen LogP contribution in [0.3, 0.4) is 0 Å². The molecule has 0 saturated carbocycles. The summed E-state index contributed by atoms with van der Waals surface area (Å²) < 4.78 is 1.93. The van der Waals surface area contributed by atoms with Crippen molar-refractivity contribution >= 4 is 56.4 Å². The smallest absolute Gasteiger partial charge is 0.272 e. The Bertz CT molecular complexity index is 987. The Morgan fingerprint density at radius 1 is 1.27 bits per heavy atom. The largest absolute Gasteiger partial charge is 0.278 e. The third kappa shape index (κ3) is 2.49. The van der Waals surface area contributed by atoms with Crippen molar-refractivity contribution in [1.82, 2.24) is 9.55 Å². The molecule has 0 bridgehead atoms. The molecule has 0 aliphatic carbocycles. The van der Waals surface area contributed by atoms with Gasteiger partial charge in [-0.1, -0.05) is 41.4 Å². The molecule has 0 unspecified atom stereocenters. The molecule has 2 aromatic heterocycles. The summed E-state index contributed by atoms with van der Waals surface area (Å²) in [6.45, 7) is 0.150. The first-order valence-electron chi connectivity index (χ1n) is 6.04. The second kappa shape index (κ2) is 5.90. The molecule has 3 aromatic rings. The van der Waals surface area contributed by atoms with Crippen LogP contribution in [0.5, 0.6) is 0 Å². The van der Waals surface area contributed by atoms with Crippen molar-refractivity contribution in [3.05, 3.63) is 60.4 Å². The maximum Gasteiger partial charge on any atom is 0.272 e. The summed E-state index contributed by atoms with van der Waals surface area (Å²) >= 11 is 19.1. The number of hydrogen-bond donors (Lipinski definition) is 0. The van der Waals surface area contributed by atoms with Gasteiger partial charge in [-0.05, 0) is 23.2 Å². The minimum atomic E-state index is -0.332. The Balaban J connectivity index is 2.20. The van der Waals surface area contributed by atoms with Gasteiger partial charge in [-0.15, -0.1) is 11.3 Å². The van der Waals surface area contributed by atoms with Crippen molar-refractivity contribution in [2.45, 2.75) is 6.54 Å². The monoisotopic (exact) mass is 369 g/mol. The summed E-state index contributed by atoms with van der Waals surface area (Å²) in [4.78, 5) is 16.7. The Hall–Kier alpha value is -1.58. The van der Waals surface area contributed by atoms with Gasteiger partial charge in [0.2, 0.25) is 5.28 Å². The zero-order valence-corrected chi connectivity index (χ0v) is 13.9. The molecular weight excluding hydrogens is 365 g/mol. The number of thiophene rings is 1. The fraction of sp³-hybridized carbons (Fsp3) is 0.0714. The van der Waals surface area contributed by atoms with Crippen LogP contribution < -0.4 is 5.56 Å². The Kier molecular flexibility index (Phi) is 4.11. The van der Waals surface area contributed by atoms with Crippen molar-refractivity contribution in [2.75, 3.05) is 0 Å². The molecule has 0 aliphatic heterocycles. The van der Waals surface area contributed by atoms with Crippen molar-refractivity contribution in [3.8, 4) is 6.07 Å². The number of nitriles is 1. The van der Waals surface area contributed by atoms with Crippen LogP contribution in [0.1, 0.15) is 11.1 Å². The highest BCUT2D eigenvalue weighted by atomic mass is 35.5. The number of fused-ring (bicyclic) bond motifs is 1. The van der Waals surface area contributed by atoms with Gasteiger partial charge in [-0.2, -0.15) is 5.26 Å². The van der Waals surface area contributed by atoms with E-state index in [9.17, 15) is 4.79 Å². The molecule has 1 aromatic carbocycles. The van der Waals surface area contributed by atoms with Gasteiger partial charge in [-0.3, -0.25) is 9.36 Å². The number of aromatic nitrogens is 2. The maximum atomic E-state index is 12.6. The summed E-state index contributed by atoms with van der Waals surface area (Å²) in [6, 6.07) is 9.08. The molecule has 4 nitrogen and oxygen atoms in total. The molecule has 2 heterocycles. The second-order valence-electron chi connectivity index (χ2n) is 4.41. The van der Waals surface area contributed by atoms with Gasteiger partial charge in [-0.25, -0.2) is 4.98 Å². The van der Waals surface area contributed by atoms with Crippen LogP contribution in [0.4, 0.5) is 0 Å². The third-order valence-electron chi connectivity index (χ3n) is 3.12. The summed E-state index contributed by atoms with van der Waals surface area (Å²) in [5.41, 5.74) is 1.13. The summed E-state index contributed by atoms with van der Waals surface area (Å²) in [5, 5.41) is 9.36. The van der Waals surface area contributed by atoms with Gasteiger partial charge < -0.3 is 0 Å². The van der Waals surface area contributed by atoms with E-state index in [-0.39, 0.29) is 22.4 Å². The van der Waals surface area contributed by atoms with E-state index >= 15 is 0 Å². The second-order valence-corrected chi connectivity index (χ2v) is 6.75. The summed E-state index contributed by atoms with van der Waals surface area (Å²) in [7, 11) is 0. The van der Waals surface area contributed by atoms with Gasteiger partial charge in [0, 0.05) is 0 Å². The summed E-state index contributed by atoms with van der Waals surface area (Å²) in [5.74, 6) is 0. The molecule has 0 radical (unpaired) electrons. The maximum absolute atomic E-state index is 12.6. The molecular formula is C14H6Cl3N3OS. The highest BCUT2D eigenvalue weighted by Gasteiger charge is 2.18. The molecule has 3 rings (SSSR count). The van der Waals surface area contributed by atoms with Gasteiger partial charge in [0.05, 0.1) is 23.2 Å². The van der Waals surface area contributed by atoms with Crippen LogP contribution in [-0.4, -0.2) is 9.55 Å². The lowest BCUT2D eigenvalue weighted by molar-refractivity contribution is 0.749. The molecule has 0 amide bonds. The van der Waals surface area contributed by atoms with E-state index in [0.29, 0.717) is 25.7 Å². The molecule has 0 fully saturated rings. The molecule has 0 aliphatic rings. The standard InChI is InChI=1S/C14H6Cl3N3OS/c15-9-10-11(22-12(9)16)13(21)20(14(17)19-10)6-8-4-2-1-3-7(8)5-18/h1-4H,6H2. The molecule has 0 N–H and O–H groups in total. The fourth-order valence-corrected chi connectivity index (χ4v) is 3.71. The quantitative estimate of drug-likeness (QED) is 0.631. The minimum absolute atomic E-state index is 0.00149. The lowest BCUT2D eigenvalue weighted by Crippen LogP contribution is -2.22. The van der Waals surface area contributed by atoms with Crippen molar-refractivity contribution in [1.29, 1.82) is 5.26 Å². The first kappa shape index (κ1) is 15.3. The molecule has 8 heteroatoms. The normalized spacial score (nSPS) is 10.8. The van der Waals surface area contributed by atoms with E-state index in [1.54, 1.807) is 24.3 Å². The summed E-state index contributed by atoms with van der Waals surface area (Å²) in [6.07, 6.45) is 0. The number of rotatable bonds is 2. The predicted molar refractivity (Wildman–Crippen MR) is 89.2 cm³/mol. The molecule has 22 heavy (non-hydrogen) atoms. The van der Waals surface area contributed by atoms with Crippen molar-refractivity contribution < 1.29 is 0 Å². The van der Waals surface area contributed by atoms with Gasteiger partial charge >= 0.3 is 0 Å². The fourth-order valence-electron chi connectivity index (χ4n) is 2.05. The van der Waals surface area contributed by atoms with Crippen LogP contribution in [0, 0.1) is 11.3 Å². The van der Waals surface area contributed by atoms with Crippen LogP contribution in [0.15, 0.2) is 29.1 Å². The lowest BCUT2D eigenvalue weighted by atomic mass is 10.1. The van der Waals surface area contributed by atoms with Crippen LogP contribution in [-0.2, 0) is 6.54 Å². The van der Waals surface area contributed by atoms with E-state index in [4.69, 9.17) is 40.1 Å². The van der Waals surface area contributed by atoms with E-state index in [1.165, 1.54) is 4.57 Å². The van der Waals surface area contributed by atoms with Gasteiger partial charge in [0.1, 0.15) is 14.6 Å². The molecule has 110 valence electrons. The number of hydrogen-bond acceptors (Lipinski definition) is 4. The topological polar surface area (TPSA) is 58.7 Å². The SMILES string of the molecule is N#Cc1ccccc1Cn1c(Cl)nc2c(Cl)c(Cl)sc2c1=O. The van der Waals surface area contributed by atoms with Crippen molar-refractivity contribution in [2.24, 2.45) is 0 Å². The zero-order valence-electron chi connectivity index (χ0n) is 10.8. The number of halogens is 3. The Morgan fingerprint density at radius 2 is 2.00 bits per heavy atom.